The van der Waals surface area contributed by atoms with Crippen LogP contribution in [0.25, 0.3) is 0 Å². The first-order valence-corrected chi connectivity index (χ1v) is 7.27. The molecule has 2 aliphatic rings. The third-order valence-corrected chi connectivity index (χ3v) is 4.32. The molecular formula is C14H27NO3. The van der Waals surface area contributed by atoms with Gasteiger partial charge in [-0.05, 0) is 26.7 Å². The van der Waals surface area contributed by atoms with Gasteiger partial charge in [-0.15, -0.1) is 0 Å². The van der Waals surface area contributed by atoms with E-state index in [1.807, 2.05) is 13.8 Å². The van der Waals surface area contributed by atoms with Gasteiger partial charge < -0.3 is 14.6 Å². The quantitative estimate of drug-likeness (QED) is 0.809. The van der Waals surface area contributed by atoms with Gasteiger partial charge >= 0.3 is 0 Å². The van der Waals surface area contributed by atoms with Crippen molar-refractivity contribution in [3.63, 3.8) is 0 Å². The number of rotatable bonds is 5. The molecule has 4 nitrogen and oxygen atoms in total. The van der Waals surface area contributed by atoms with E-state index < -0.39 is 0 Å². The second-order valence-corrected chi connectivity index (χ2v) is 5.81. The van der Waals surface area contributed by atoms with Crippen molar-refractivity contribution in [1.82, 2.24) is 4.90 Å². The predicted octanol–water partition coefficient (Wildman–Crippen LogP) is 1.42. The summed E-state index contributed by atoms with van der Waals surface area (Å²) in [5, 5.41) is 10.6. The molecule has 0 radical (unpaired) electrons. The third-order valence-electron chi connectivity index (χ3n) is 4.32. The molecule has 4 heteroatoms. The van der Waals surface area contributed by atoms with Crippen LogP contribution in [-0.2, 0) is 9.47 Å². The van der Waals surface area contributed by atoms with E-state index in [2.05, 4.69) is 4.90 Å². The molecule has 0 spiro atoms. The van der Waals surface area contributed by atoms with E-state index >= 15 is 0 Å². The highest BCUT2D eigenvalue weighted by molar-refractivity contribution is 5.01. The standard InChI is InChI=1S/C14H27NO3/c1-12(2)18-11-13(16)14(5-3-4-6-14)15-7-9-17-10-8-15/h12-13,16H,3-11H2,1-2H3. The minimum absolute atomic E-state index is 0.0569. The maximum absolute atomic E-state index is 10.6. The lowest BCUT2D eigenvalue weighted by atomic mass is 9.88. The molecule has 106 valence electrons. The van der Waals surface area contributed by atoms with Crippen molar-refractivity contribution in [1.29, 1.82) is 0 Å². The van der Waals surface area contributed by atoms with Crippen molar-refractivity contribution in [2.45, 2.75) is 57.3 Å². The summed E-state index contributed by atoms with van der Waals surface area (Å²) >= 11 is 0. The third kappa shape index (κ3) is 3.05. The first kappa shape index (κ1) is 14.3. The largest absolute Gasteiger partial charge is 0.389 e. The van der Waals surface area contributed by atoms with Gasteiger partial charge in [0.25, 0.3) is 0 Å². The van der Waals surface area contributed by atoms with E-state index in [1.54, 1.807) is 0 Å². The summed E-state index contributed by atoms with van der Waals surface area (Å²) in [6.07, 6.45) is 4.43. The Morgan fingerprint density at radius 1 is 1.22 bits per heavy atom. The topological polar surface area (TPSA) is 41.9 Å². The van der Waals surface area contributed by atoms with Crippen LogP contribution in [0.5, 0.6) is 0 Å². The van der Waals surface area contributed by atoms with Crippen LogP contribution in [0.1, 0.15) is 39.5 Å². The molecule has 0 aromatic rings. The molecule has 0 aromatic heterocycles. The number of morpholine rings is 1. The normalized spacial score (nSPS) is 26.7. The number of hydrogen-bond acceptors (Lipinski definition) is 4. The Morgan fingerprint density at radius 2 is 1.83 bits per heavy atom. The Balaban J connectivity index is 2.00. The first-order chi connectivity index (χ1) is 8.65. The van der Waals surface area contributed by atoms with E-state index in [0.717, 1.165) is 39.1 Å². The monoisotopic (exact) mass is 257 g/mol. The second-order valence-electron chi connectivity index (χ2n) is 5.81. The van der Waals surface area contributed by atoms with Gasteiger partial charge in [-0.1, -0.05) is 12.8 Å². The van der Waals surface area contributed by atoms with Crippen LogP contribution in [0.3, 0.4) is 0 Å². The molecule has 0 bridgehead atoms. The van der Waals surface area contributed by atoms with Crippen LogP contribution < -0.4 is 0 Å². The fraction of sp³-hybridized carbons (Fsp3) is 1.00. The lowest BCUT2D eigenvalue weighted by molar-refractivity contribution is -0.106. The molecule has 2 fully saturated rings. The van der Waals surface area contributed by atoms with E-state index in [1.165, 1.54) is 12.8 Å². The van der Waals surface area contributed by atoms with Crippen LogP contribution in [0.2, 0.25) is 0 Å². The summed E-state index contributed by atoms with van der Waals surface area (Å²) in [4.78, 5) is 2.44. The summed E-state index contributed by atoms with van der Waals surface area (Å²) in [7, 11) is 0. The molecule has 1 saturated carbocycles. The molecule has 1 saturated heterocycles. The maximum atomic E-state index is 10.6. The zero-order valence-electron chi connectivity index (χ0n) is 11.7. The lowest BCUT2D eigenvalue weighted by Gasteiger charge is -2.46. The van der Waals surface area contributed by atoms with Crippen molar-refractivity contribution in [2.24, 2.45) is 0 Å². The minimum Gasteiger partial charge on any atom is -0.389 e. The molecule has 1 unspecified atom stereocenters. The molecular weight excluding hydrogens is 230 g/mol. The Hall–Kier alpha value is -0.160. The van der Waals surface area contributed by atoms with Crippen LogP contribution in [0, 0.1) is 0 Å². The van der Waals surface area contributed by atoms with E-state index in [4.69, 9.17) is 9.47 Å². The molecule has 2 rings (SSSR count). The number of aliphatic hydroxyl groups is 1. The average Bonchev–Trinajstić information content (AvgIpc) is 2.87. The Bertz CT molecular complexity index is 245. The van der Waals surface area contributed by atoms with E-state index in [-0.39, 0.29) is 17.7 Å². The summed E-state index contributed by atoms with van der Waals surface area (Å²) in [5.41, 5.74) is -0.0569. The van der Waals surface area contributed by atoms with Gasteiger partial charge in [-0.25, -0.2) is 0 Å². The Labute approximate surface area is 110 Å². The van der Waals surface area contributed by atoms with Crippen molar-refractivity contribution < 1.29 is 14.6 Å². The predicted molar refractivity (Wildman–Crippen MR) is 70.7 cm³/mol. The Morgan fingerprint density at radius 3 is 2.39 bits per heavy atom. The van der Waals surface area contributed by atoms with Gasteiger partial charge in [0.2, 0.25) is 0 Å². The molecule has 1 atom stereocenters. The van der Waals surface area contributed by atoms with Crippen molar-refractivity contribution in [3.05, 3.63) is 0 Å². The second kappa shape index (κ2) is 6.33. The van der Waals surface area contributed by atoms with Gasteiger partial charge in [-0.2, -0.15) is 0 Å². The van der Waals surface area contributed by atoms with E-state index in [9.17, 15) is 5.11 Å². The first-order valence-electron chi connectivity index (χ1n) is 7.27. The van der Waals surface area contributed by atoms with Crippen molar-refractivity contribution in [2.75, 3.05) is 32.9 Å². The molecule has 18 heavy (non-hydrogen) atoms. The zero-order valence-corrected chi connectivity index (χ0v) is 11.7. The minimum atomic E-state index is -0.375. The SMILES string of the molecule is CC(C)OCC(O)C1(N2CCOCC2)CCCC1. The van der Waals surface area contributed by atoms with Gasteiger partial charge in [0.15, 0.2) is 0 Å². The molecule has 1 N–H and O–H groups in total. The smallest absolute Gasteiger partial charge is 0.0956 e. The molecule has 0 amide bonds. The van der Waals surface area contributed by atoms with Gasteiger partial charge in [0, 0.05) is 18.6 Å². The summed E-state index contributed by atoms with van der Waals surface area (Å²) < 4.78 is 11.1. The zero-order chi connectivity index (χ0) is 13.0. The van der Waals surface area contributed by atoms with Gasteiger partial charge in [0.05, 0.1) is 32.0 Å². The molecule has 1 aliphatic carbocycles. The highest BCUT2D eigenvalue weighted by atomic mass is 16.5. The van der Waals surface area contributed by atoms with Gasteiger partial charge in [-0.3, -0.25) is 4.90 Å². The Kier molecular flexibility index (Phi) is 5.01. The molecule has 1 aliphatic heterocycles. The number of ether oxygens (including phenoxy) is 2. The number of nitrogens with zero attached hydrogens (tertiary/aromatic N) is 1. The van der Waals surface area contributed by atoms with Crippen molar-refractivity contribution >= 4 is 0 Å². The van der Waals surface area contributed by atoms with E-state index in [0.29, 0.717) is 6.61 Å². The van der Waals surface area contributed by atoms with Crippen LogP contribution in [0.15, 0.2) is 0 Å². The van der Waals surface area contributed by atoms with Crippen LogP contribution in [-0.4, -0.2) is 60.7 Å². The molecule has 1 heterocycles. The highest BCUT2D eigenvalue weighted by Crippen LogP contribution is 2.38. The van der Waals surface area contributed by atoms with Crippen LogP contribution in [0.4, 0.5) is 0 Å². The fourth-order valence-electron chi connectivity index (χ4n) is 3.29. The fourth-order valence-corrected chi connectivity index (χ4v) is 3.29. The van der Waals surface area contributed by atoms with Gasteiger partial charge in [0.1, 0.15) is 0 Å². The van der Waals surface area contributed by atoms with Crippen molar-refractivity contribution in [3.8, 4) is 0 Å². The number of aliphatic hydroxyl groups excluding tert-OH is 1. The maximum Gasteiger partial charge on any atom is 0.0956 e. The summed E-state index contributed by atoms with van der Waals surface area (Å²) in [6.45, 7) is 7.96. The average molecular weight is 257 g/mol. The molecule has 0 aromatic carbocycles. The highest BCUT2D eigenvalue weighted by Gasteiger charge is 2.45. The lowest BCUT2D eigenvalue weighted by Crippen LogP contribution is -2.59. The van der Waals surface area contributed by atoms with Crippen LogP contribution >= 0.6 is 0 Å². The number of hydrogen-bond donors (Lipinski definition) is 1. The summed E-state index contributed by atoms with van der Waals surface area (Å²) in [6, 6.07) is 0. The summed E-state index contributed by atoms with van der Waals surface area (Å²) in [5.74, 6) is 0.